The Labute approximate surface area is 79.2 Å². The van der Waals surface area contributed by atoms with Crippen LogP contribution in [0.1, 0.15) is 6.92 Å². The zero-order valence-corrected chi connectivity index (χ0v) is 9.11. The number of rotatable bonds is 7. The topological polar surface area (TPSA) is 30.5 Å². The third-order valence-electron chi connectivity index (χ3n) is 1.65. The highest BCUT2D eigenvalue weighted by Crippen LogP contribution is 1.98. The lowest BCUT2D eigenvalue weighted by atomic mass is 10.3. The van der Waals surface area contributed by atoms with E-state index >= 15 is 0 Å². The van der Waals surface area contributed by atoms with Gasteiger partial charge in [-0.3, -0.25) is 0 Å². The van der Waals surface area contributed by atoms with Gasteiger partial charge in [0.25, 0.3) is 0 Å². The van der Waals surface area contributed by atoms with Crippen LogP contribution >= 0.6 is 11.8 Å². The summed E-state index contributed by atoms with van der Waals surface area (Å²) in [6, 6.07) is 0.243. The average Bonchev–Trinajstić information content (AvgIpc) is 2.07. The minimum Gasteiger partial charge on any atom is -0.354 e. The maximum Gasteiger partial charge on any atom is 0.171 e. The molecule has 0 bridgehead atoms. The SMILES string of the molecule is COC(OC)C(C)NCCSC. The predicted octanol–water partition coefficient (Wildman–Crippen LogP) is 0.946. The molecule has 4 heteroatoms. The summed E-state index contributed by atoms with van der Waals surface area (Å²) in [5.74, 6) is 1.12. The van der Waals surface area contributed by atoms with Crippen molar-refractivity contribution in [3.8, 4) is 0 Å². The van der Waals surface area contributed by atoms with Gasteiger partial charge < -0.3 is 14.8 Å². The highest BCUT2D eigenvalue weighted by Gasteiger charge is 2.13. The molecule has 0 aromatic carbocycles. The Balaban J connectivity index is 3.47. The third-order valence-corrected chi connectivity index (χ3v) is 2.26. The number of methoxy groups -OCH3 is 2. The fourth-order valence-electron chi connectivity index (χ4n) is 0.989. The first-order valence-electron chi connectivity index (χ1n) is 4.04. The van der Waals surface area contributed by atoms with Crippen molar-refractivity contribution in [1.82, 2.24) is 5.32 Å². The standard InChI is InChI=1S/C8H19NO2S/c1-7(8(10-2)11-3)9-5-6-12-4/h7-9H,5-6H2,1-4H3. The van der Waals surface area contributed by atoms with Crippen molar-refractivity contribution < 1.29 is 9.47 Å². The van der Waals surface area contributed by atoms with E-state index in [2.05, 4.69) is 18.5 Å². The van der Waals surface area contributed by atoms with Crippen molar-refractivity contribution in [1.29, 1.82) is 0 Å². The van der Waals surface area contributed by atoms with Crippen LogP contribution in [0.5, 0.6) is 0 Å². The molecule has 0 aromatic rings. The molecule has 1 N–H and O–H groups in total. The molecule has 3 nitrogen and oxygen atoms in total. The molecule has 0 fully saturated rings. The second-order valence-electron chi connectivity index (χ2n) is 2.58. The Morgan fingerprint density at radius 2 is 1.92 bits per heavy atom. The normalized spacial score (nSPS) is 13.8. The van der Waals surface area contributed by atoms with E-state index in [1.54, 1.807) is 14.2 Å². The van der Waals surface area contributed by atoms with E-state index in [0.29, 0.717) is 0 Å². The molecule has 0 amide bonds. The molecule has 12 heavy (non-hydrogen) atoms. The van der Waals surface area contributed by atoms with Gasteiger partial charge in [-0.2, -0.15) is 11.8 Å². The lowest BCUT2D eigenvalue weighted by Crippen LogP contribution is -2.40. The predicted molar refractivity (Wildman–Crippen MR) is 53.7 cm³/mol. The first kappa shape index (κ1) is 12.2. The van der Waals surface area contributed by atoms with E-state index in [9.17, 15) is 0 Å². The quantitative estimate of drug-likeness (QED) is 0.481. The number of hydrogen-bond donors (Lipinski definition) is 1. The van der Waals surface area contributed by atoms with E-state index < -0.39 is 0 Å². The molecule has 0 saturated carbocycles. The fraction of sp³-hybridized carbons (Fsp3) is 1.00. The first-order chi connectivity index (χ1) is 5.76. The van der Waals surface area contributed by atoms with Crippen molar-refractivity contribution in [2.45, 2.75) is 19.3 Å². The van der Waals surface area contributed by atoms with Crippen LogP contribution in [0.3, 0.4) is 0 Å². The highest BCUT2D eigenvalue weighted by molar-refractivity contribution is 7.98. The van der Waals surface area contributed by atoms with Crippen molar-refractivity contribution in [3.05, 3.63) is 0 Å². The van der Waals surface area contributed by atoms with Gasteiger partial charge in [-0.25, -0.2) is 0 Å². The molecule has 0 aromatic heterocycles. The molecule has 1 atom stereocenters. The monoisotopic (exact) mass is 193 g/mol. The van der Waals surface area contributed by atoms with Gasteiger partial charge >= 0.3 is 0 Å². The summed E-state index contributed by atoms with van der Waals surface area (Å²) in [5, 5.41) is 3.31. The van der Waals surface area contributed by atoms with Gasteiger partial charge in [0.05, 0.1) is 6.04 Å². The summed E-state index contributed by atoms with van der Waals surface area (Å²) < 4.78 is 10.2. The summed E-state index contributed by atoms with van der Waals surface area (Å²) >= 11 is 1.83. The van der Waals surface area contributed by atoms with Gasteiger partial charge in [-0.05, 0) is 13.2 Å². The molecule has 0 aliphatic rings. The van der Waals surface area contributed by atoms with E-state index in [-0.39, 0.29) is 12.3 Å². The molecular weight excluding hydrogens is 174 g/mol. The molecule has 0 rings (SSSR count). The molecule has 0 heterocycles. The maximum absolute atomic E-state index is 5.10. The Morgan fingerprint density at radius 3 is 2.33 bits per heavy atom. The second kappa shape index (κ2) is 7.86. The number of ether oxygens (including phenoxy) is 2. The Morgan fingerprint density at radius 1 is 1.33 bits per heavy atom. The van der Waals surface area contributed by atoms with Crippen LogP contribution in [0.4, 0.5) is 0 Å². The van der Waals surface area contributed by atoms with Crippen molar-refractivity contribution >= 4 is 11.8 Å². The van der Waals surface area contributed by atoms with Crippen LogP contribution in [-0.4, -0.2) is 45.1 Å². The Hall–Kier alpha value is 0.230. The molecular formula is C8H19NO2S. The number of hydrogen-bond acceptors (Lipinski definition) is 4. The van der Waals surface area contributed by atoms with Gasteiger partial charge in [0.2, 0.25) is 0 Å². The van der Waals surface area contributed by atoms with Crippen molar-refractivity contribution in [2.75, 3.05) is 32.8 Å². The Bertz CT molecular complexity index is 99.1. The average molecular weight is 193 g/mol. The van der Waals surface area contributed by atoms with Gasteiger partial charge in [0, 0.05) is 26.5 Å². The van der Waals surface area contributed by atoms with Crippen LogP contribution in [0.2, 0.25) is 0 Å². The maximum atomic E-state index is 5.10. The fourth-order valence-corrected chi connectivity index (χ4v) is 1.31. The second-order valence-corrected chi connectivity index (χ2v) is 3.56. The van der Waals surface area contributed by atoms with E-state index in [1.807, 2.05) is 11.8 Å². The van der Waals surface area contributed by atoms with Crippen LogP contribution in [-0.2, 0) is 9.47 Å². The molecule has 0 radical (unpaired) electrons. The lowest BCUT2D eigenvalue weighted by molar-refractivity contribution is -0.119. The summed E-state index contributed by atoms with van der Waals surface area (Å²) in [6.45, 7) is 3.05. The molecule has 0 aliphatic heterocycles. The lowest BCUT2D eigenvalue weighted by Gasteiger charge is -2.21. The Kier molecular flexibility index (Phi) is 8.01. The van der Waals surface area contributed by atoms with E-state index in [1.165, 1.54) is 0 Å². The van der Waals surface area contributed by atoms with Crippen molar-refractivity contribution in [3.63, 3.8) is 0 Å². The minimum absolute atomic E-state index is 0.146. The zero-order valence-electron chi connectivity index (χ0n) is 8.29. The molecule has 1 unspecified atom stereocenters. The van der Waals surface area contributed by atoms with Gasteiger partial charge in [0.1, 0.15) is 0 Å². The molecule has 0 spiro atoms. The van der Waals surface area contributed by atoms with Crippen LogP contribution in [0, 0.1) is 0 Å². The van der Waals surface area contributed by atoms with Gasteiger partial charge in [0.15, 0.2) is 6.29 Å². The van der Waals surface area contributed by atoms with Crippen LogP contribution in [0.15, 0.2) is 0 Å². The summed E-state index contributed by atoms with van der Waals surface area (Å²) in [6.07, 6.45) is 1.95. The summed E-state index contributed by atoms with van der Waals surface area (Å²) in [4.78, 5) is 0. The minimum atomic E-state index is -0.146. The van der Waals surface area contributed by atoms with E-state index in [4.69, 9.17) is 9.47 Å². The van der Waals surface area contributed by atoms with Gasteiger partial charge in [-0.1, -0.05) is 0 Å². The first-order valence-corrected chi connectivity index (χ1v) is 5.43. The third kappa shape index (κ3) is 4.98. The highest BCUT2D eigenvalue weighted by atomic mass is 32.2. The zero-order chi connectivity index (χ0) is 9.40. The smallest absolute Gasteiger partial charge is 0.171 e. The molecule has 74 valence electrons. The molecule has 0 aliphatic carbocycles. The summed E-state index contributed by atoms with van der Waals surface area (Å²) in [5.41, 5.74) is 0. The largest absolute Gasteiger partial charge is 0.354 e. The van der Waals surface area contributed by atoms with Crippen molar-refractivity contribution in [2.24, 2.45) is 0 Å². The van der Waals surface area contributed by atoms with Crippen LogP contribution < -0.4 is 5.32 Å². The number of thioether (sulfide) groups is 1. The summed E-state index contributed by atoms with van der Waals surface area (Å²) in [7, 11) is 3.31. The van der Waals surface area contributed by atoms with Gasteiger partial charge in [-0.15, -0.1) is 0 Å². The number of nitrogens with one attached hydrogen (secondary N) is 1. The molecule has 0 saturated heterocycles. The van der Waals surface area contributed by atoms with Crippen LogP contribution in [0.25, 0.3) is 0 Å². The van der Waals surface area contributed by atoms with E-state index in [0.717, 1.165) is 12.3 Å².